The van der Waals surface area contributed by atoms with E-state index in [0.717, 1.165) is 41.6 Å². The van der Waals surface area contributed by atoms with E-state index in [1.165, 1.54) is 18.1 Å². The van der Waals surface area contributed by atoms with Crippen molar-refractivity contribution in [3.63, 3.8) is 0 Å². The molecule has 352 valence electrons. The van der Waals surface area contributed by atoms with Crippen LogP contribution in [0.2, 0.25) is 10.0 Å². The van der Waals surface area contributed by atoms with Crippen molar-refractivity contribution in [2.75, 3.05) is 37.4 Å². The number of nitrogens with one attached hydrogen (secondary N) is 4. The number of methoxy groups -OCH3 is 1. The summed E-state index contributed by atoms with van der Waals surface area (Å²) in [7, 11) is 1.50. The van der Waals surface area contributed by atoms with Crippen LogP contribution >= 0.6 is 23.2 Å². The number of nitrogens with zero attached hydrogens (tertiary/aromatic N) is 2. The van der Waals surface area contributed by atoms with Gasteiger partial charge in [-0.25, -0.2) is 4.39 Å². The highest BCUT2D eigenvalue weighted by Gasteiger charge is 2.62. The second-order valence-corrected chi connectivity index (χ2v) is 21.4. The minimum Gasteiger partial charge on any atom is -0.495 e. The van der Waals surface area contributed by atoms with Crippen LogP contribution in [-0.4, -0.2) is 84.2 Å². The maximum atomic E-state index is 16.3. The van der Waals surface area contributed by atoms with Crippen molar-refractivity contribution in [1.29, 1.82) is 0 Å². The fourth-order valence-electron chi connectivity index (χ4n) is 11.7. The zero-order chi connectivity index (χ0) is 47.9. The van der Waals surface area contributed by atoms with Gasteiger partial charge < -0.3 is 30.5 Å². The minimum absolute atomic E-state index is 0.0233. The molecule has 0 radical (unpaired) electrons. The first-order valence-corrected chi connectivity index (χ1v) is 24.1. The molecule has 5 aliphatic heterocycles. The van der Waals surface area contributed by atoms with Crippen LogP contribution in [-0.2, 0) is 26.3 Å². The number of imide groups is 1. The van der Waals surface area contributed by atoms with Crippen LogP contribution in [0, 0.1) is 34.4 Å². The molecule has 4 fully saturated rings. The molecule has 5 heterocycles. The molecule has 5 amide bonds. The molecule has 10 rings (SSSR count). The zero-order valence-corrected chi connectivity index (χ0v) is 39.9. The predicted octanol–water partition coefficient (Wildman–Crippen LogP) is 8.06. The first kappa shape index (κ1) is 45.8. The number of likely N-dealkylation sites (tertiary alicyclic amines) is 1. The van der Waals surface area contributed by atoms with Gasteiger partial charge in [0.05, 0.1) is 23.9 Å². The van der Waals surface area contributed by atoms with Crippen molar-refractivity contribution in [3.8, 4) is 17.6 Å². The Balaban J connectivity index is 0.817. The first-order chi connectivity index (χ1) is 32.5. The Kier molecular flexibility index (Phi) is 11.6. The Morgan fingerprint density at radius 1 is 1.00 bits per heavy atom. The van der Waals surface area contributed by atoms with Crippen LogP contribution in [0.4, 0.5) is 15.8 Å². The highest BCUT2D eigenvalue weighted by atomic mass is 35.5. The molecule has 2 spiro atoms. The van der Waals surface area contributed by atoms with Crippen molar-refractivity contribution in [1.82, 2.24) is 20.4 Å². The van der Waals surface area contributed by atoms with Gasteiger partial charge in [-0.1, -0.05) is 74.0 Å². The van der Waals surface area contributed by atoms with Gasteiger partial charge in [0.1, 0.15) is 17.6 Å². The second kappa shape index (κ2) is 17.2. The molecule has 6 aliphatic rings. The van der Waals surface area contributed by atoms with Crippen LogP contribution in [0.25, 0.3) is 0 Å². The van der Waals surface area contributed by atoms with Gasteiger partial charge in [0.15, 0.2) is 0 Å². The highest BCUT2D eigenvalue weighted by Crippen LogP contribution is 2.59. The molecule has 6 atom stereocenters. The van der Waals surface area contributed by atoms with E-state index in [2.05, 4.69) is 53.9 Å². The number of rotatable bonds is 7. The number of hydrogen-bond donors (Lipinski definition) is 4. The summed E-state index contributed by atoms with van der Waals surface area (Å²) in [6.07, 6.45) is 3.78. The number of hydrogen-bond acceptors (Lipinski definition) is 8. The lowest BCUT2D eigenvalue weighted by molar-refractivity contribution is -0.137. The fraction of sp³-hybridized carbons (Fsp3) is 0.415. The smallest absolute Gasteiger partial charge is 0.255 e. The molecule has 4 N–H and O–H groups in total. The van der Waals surface area contributed by atoms with E-state index in [1.807, 2.05) is 35.2 Å². The molecule has 1 saturated carbocycles. The van der Waals surface area contributed by atoms with Gasteiger partial charge in [0, 0.05) is 83.3 Å². The summed E-state index contributed by atoms with van der Waals surface area (Å²) in [6.45, 7) is 8.33. The normalized spacial score (nSPS) is 25.6. The number of benzene rings is 4. The second-order valence-electron chi connectivity index (χ2n) is 20.5. The van der Waals surface area contributed by atoms with E-state index in [-0.39, 0.29) is 57.9 Å². The fourth-order valence-corrected chi connectivity index (χ4v) is 12.0. The zero-order valence-electron chi connectivity index (χ0n) is 38.4. The number of ether oxygens (including phenoxy) is 1. The average Bonchev–Trinajstić information content (AvgIpc) is 3.51. The molecule has 4 aromatic carbocycles. The molecule has 0 bridgehead atoms. The molecule has 15 heteroatoms. The summed E-state index contributed by atoms with van der Waals surface area (Å²) in [5.41, 5.74) is 4.26. The quantitative estimate of drug-likeness (QED) is 0.108. The van der Waals surface area contributed by atoms with Crippen molar-refractivity contribution < 1.29 is 33.1 Å². The predicted molar refractivity (Wildman–Crippen MR) is 257 cm³/mol. The lowest BCUT2D eigenvalue weighted by Gasteiger charge is -2.39. The monoisotopic (exact) mass is 958 g/mol. The number of piperidine rings is 2. The lowest BCUT2D eigenvalue weighted by Crippen LogP contribution is -2.52. The van der Waals surface area contributed by atoms with Crippen molar-refractivity contribution in [2.24, 2.45) is 16.7 Å². The molecule has 68 heavy (non-hydrogen) atoms. The van der Waals surface area contributed by atoms with Crippen LogP contribution in [0.5, 0.6) is 5.75 Å². The van der Waals surface area contributed by atoms with Crippen molar-refractivity contribution in [2.45, 2.75) is 95.3 Å². The van der Waals surface area contributed by atoms with Gasteiger partial charge in [-0.3, -0.25) is 29.3 Å². The third-order valence-corrected chi connectivity index (χ3v) is 15.7. The number of amides is 5. The molecule has 4 aromatic rings. The van der Waals surface area contributed by atoms with Gasteiger partial charge in [-0.05, 0) is 114 Å². The first-order valence-electron chi connectivity index (χ1n) is 23.3. The maximum absolute atomic E-state index is 16.3. The van der Waals surface area contributed by atoms with E-state index in [0.29, 0.717) is 72.2 Å². The minimum atomic E-state index is -0.890. The Morgan fingerprint density at radius 3 is 2.54 bits per heavy atom. The molecular formula is C53H53Cl2FN6O6. The largest absolute Gasteiger partial charge is 0.495 e. The Morgan fingerprint density at radius 2 is 1.79 bits per heavy atom. The molecule has 0 unspecified atom stereocenters. The average molecular weight is 960 g/mol. The van der Waals surface area contributed by atoms with Gasteiger partial charge in [0.25, 0.3) is 11.8 Å². The Labute approximate surface area is 405 Å². The standard InChI is InChI=1S/C53H53Cl2FN6O6/c1-51(2,3)26-42-53(28-57-39-24-33(54)12-14-36(39)53)44(35-6-5-7-37(55)45(35)56)46(59-42)48(65)58-38-15-10-30(23-41(38)68-4)49(66)61-20-18-52(19-21-61)25-32(52)11-8-29-9-13-34-31(22-29)27-62(50(34)67)40-16-17-43(63)60-47(40)64/h5-7,9-10,12-15,22-24,32,40,42,44,46,57,59H,16-21,25-28H2,1-4H3,(H,58,65)(H,60,63,64)/t32-,40-,42-,44-,46+,53-/m0/s1. The Hall–Kier alpha value is -5.94. The molecular weight excluding hydrogens is 907 g/mol. The van der Waals surface area contributed by atoms with Gasteiger partial charge >= 0.3 is 0 Å². The van der Waals surface area contributed by atoms with E-state index >= 15 is 4.39 Å². The van der Waals surface area contributed by atoms with E-state index in [1.54, 1.807) is 36.4 Å². The summed E-state index contributed by atoms with van der Waals surface area (Å²) >= 11 is 12.9. The third kappa shape index (κ3) is 8.08. The Bertz CT molecular complexity index is 2860. The molecule has 3 saturated heterocycles. The van der Waals surface area contributed by atoms with Crippen LogP contribution in [0.1, 0.15) is 108 Å². The number of carbonyl (C=O) groups is 5. The van der Waals surface area contributed by atoms with Crippen molar-refractivity contribution in [3.05, 3.63) is 122 Å². The number of carbonyl (C=O) groups excluding carboxylic acids is 5. The molecule has 0 aromatic heterocycles. The van der Waals surface area contributed by atoms with Crippen molar-refractivity contribution >= 4 is 64.1 Å². The summed E-state index contributed by atoms with van der Waals surface area (Å²) in [5, 5.41) is 13.2. The van der Waals surface area contributed by atoms with Crippen LogP contribution in [0.15, 0.2) is 72.8 Å². The number of fused-ring (bicyclic) bond motifs is 3. The SMILES string of the molecule is COc1cc(C(=O)N2CCC3(CC2)C[C@@H]3C#Cc2ccc3c(c2)CN([C@H]2CCC(=O)NC2=O)C3=O)ccc1NC(=O)[C@@H]1N[C@@H](CC(C)(C)C)[C@@]2(CNc3cc(Cl)ccc32)[C@H]1c1cccc(Cl)c1F. The lowest BCUT2D eigenvalue weighted by atomic mass is 9.63. The van der Waals surface area contributed by atoms with E-state index in [4.69, 9.17) is 27.9 Å². The summed E-state index contributed by atoms with van der Waals surface area (Å²) in [6, 6.07) is 19.4. The molecule has 12 nitrogen and oxygen atoms in total. The summed E-state index contributed by atoms with van der Waals surface area (Å²) < 4.78 is 22.1. The van der Waals surface area contributed by atoms with Gasteiger partial charge in [-0.2, -0.15) is 0 Å². The number of anilines is 2. The topological polar surface area (TPSA) is 149 Å². The van der Waals surface area contributed by atoms with Crippen LogP contribution < -0.4 is 26.0 Å². The molecule has 1 aliphatic carbocycles. The van der Waals surface area contributed by atoms with E-state index < -0.39 is 35.1 Å². The summed E-state index contributed by atoms with van der Waals surface area (Å²) in [4.78, 5) is 69.4. The van der Waals surface area contributed by atoms with Gasteiger partial charge in [0.2, 0.25) is 17.7 Å². The summed E-state index contributed by atoms with van der Waals surface area (Å²) in [5.74, 6) is 4.58. The van der Waals surface area contributed by atoms with Gasteiger partial charge in [-0.15, -0.1) is 0 Å². The van der Waals surface area contributed by atoms with Crippen LogP contribution in [0.3, 0.4) is 0 Å². The van der Waals surface area contributed by atoms with E-state index in [9.17, 15) is 24.0 Å². The maximum Gasteiger partial charge on any atom is 0.255 e. The third-order valence-electron chi connectivity index (χ3n) is 15.2. The number of halogens is 3. The highest BCUT2D eigenvalue weighted by molar-refractivity contribution is 6.31.